The number of fused-ring (bicyclic) bond motifs is 5. The fourth-order valence-electron chi connectivity index (χ4n) is 4.34. The molecule has 0 fully saturated rings. The van der Waals surface area contributed by atoms with Crippen molar-refractivity contribution in [2.24, 2.45) is 0 Å². The number of phenols is 1. The van der Waals surface area contributed by atoms with E-state index in [0.29, 0.717) is 11.7 Å². The van der Waals surface area contributed by atoms with Crippen molar-refractivity contribution in [3.05, 3.63) is 58.7 Å². The van der Waals surface area contributed by atoms with E-state index in [1.165, 1.54) is 29.2 Å². The Bertz CT molecular complexity index is 815. The van der Waals surface area contributed by atoms with E-state index in [9.17, 15) is 9.90 Å². The molecular weight excluding hydrogens is 300 g/mol. The van der Waals surface area contributed by atoms with Crippen LogP contribution in [0.4, 0.5) is 5.69 Å². The summed E-state index contributed by atoms with van der Waals surface area (Å²) in [6, 6.07) is 12.9. The molecule has 24 heavy (non-hydrogen) atoms. The predicted octanol–water partition coefficient (Wildman–Crippen LogP) is 3.24. The number of rotatable bonds is 1. The lowest BCUT2D eigenvalue weighted by atomic mass is 9.71. The molecule has 1 amide bonds. The zero-order valence-corrected chi connectivity index (χ0v) is 14.0. The predicted molar refractivity (Wildman–Crippen MR) is 94.3 cm³/mol. The molecule has 0 aromatic heterocycles. The number of likely N-dealkylation sites (N-methyl/N-ethyl adjacent to an activating group) is 1. The summed E-state index contributed by atoms with van der Waals surface area (Å²) in [6.45, 7) is 2.43. The van der Waals surface area contributed by atoms with Gasteiger partial charge >= 0.3 is 0 Å². The van der Waals surface area contributed by atoms with Crippen LogP contribution in [0.15, 0.2) is 36.4 Å². The Morgan fingerprint density at radius 2 is 2.00 bits per heavy atom. The van der Waals surface area contributed by atoms with Gasteiger partial charge in [-0.05, 0) is 54.3 Å². The van der Waals surface area contributed by atoms with E-state index >= 15 is 0 Å². The van der Waals surface area contributed by atoms with Crippen LogP contribution in [0.25, 0.3) is 0 Å². The fourth-order valence-corrected chi connectivity index (χ4v) is 4.34. The minimum Gasteiger partial charge on any atom is -0.506 e. The number of benzene rings is 2. The second-order valence-corrected chi connectivity index (χ2v) is 6.95. The molecule has 1 aliphatic heterocycles. The Morgan fingerprint density at radius 1 is 1.21 bits per heavy atom. The van der Waals surface area contributed by atoms with Crippen molar-refractivity contribution in [3.8, 4) is 5.75 Å². The average molecular weight is 322 g/mol. The van der Waals surface area contributed by atoms with E-state index in [4.69, 9.17) is 0 Å². The van der Waals surface area contributed by atoms with Crippen LogP contribution in [0.5, 0.6) is 5.75 Å². The number of aryl methyl sites for hydroxylation is 1. The van der Waals surface area contributed by atoms with Crippen molar-refractivity contribution in [3.63, 3.8) is 0 Å². The van der Waals surface area contributed by atoms with Gasteiger partial charge in [0, 0.05) is 25.4 Å². The molecule has 0 spiro atoms. The molecule has 0 bridgehead atoms. The van der Waals surface area contributed by atoms with Crippen molar-refractivity contribution >= 4 is 11.6 Å². The maximum Gasteiger partial charge on any atom is 0.221 e. The van der Waals surface area contributed by atoms with Crippen LogP contribution < -0.4 is 5.32 Å². The summed E-state index contributed by atoms with van der Waals surface area (Å²) in [5.74, 6) is 0.262. The zero-order chi connectivity index (χ0) is 16.8. The lowest BCUT2D eigenvalue weighted by Crippen LogP contribution is -2.43. The van der Waals surface area contributed by atoms with Crippen LogP contribution in [-0.2, 0) is 17.8 Å². The Morgan fingerprint density at radius 3 is 2.79 bits per heavy atom. The van der Waals surface area contributed by atoms with E-state index in [1.54, 1.807) is 0 Å². The van der Waals surface area contributed by atoms with E-state index in [-0.39, 0.29) is 17.6 Å². The Hall–Kier alpha value is -2.33. The number of hydrogen-bond donors (Lipinski definition) is 2. The first-order chi connectivity index (χ1) is 11.5. The number of amides is 1. The van der Waals surface area contributed by atoms with Gasteiger partial charge in [-0.15, -0.1) is 0 Å². The van der Waals surface area contributed by atoms with Gasteiger partial charge in [-0.3, -0.25) is 9.69 Å². The molecule has 0 radical (unpaired) electrons. The summed E-state index contributed by atoms with van der Waals surface area (Å²) in [6.07, 6.45) is 2.06. The number of nitrogens with zero attached hydrogens (tertiary/aromatic N) is 1. The number of aromatic hydroxyl groups is 1. The van der Waals surface area contributed by atoms with Gasteiger partial charge in [-0.2, -0.15) is 0 Å². The number of nitrogens with one attached hydrogen (secondary N) is 1. The molecule has 0 saturated carbocycles. The van der Waals surface area contributed by atoms with E-state index < -0.39 is 0 Å². The summed E-state index contributed by atoms with van der Waals surface area (Å²) in [5.41, 5.74) is 5.66. The van der Waals surface area contributed by atoms with Gasteiger partial charge in [-0.25, -0.2) is 0 Å². The highest BCUT2D eigenvalue weighted by Gasteiger charge is 2.38. The number of carbonyl (C=O) groups is 1. The number of anilines is 1. The molecule has 2 aromatic rings. The first-order valence-electron chi connectivity index (χ1n) is 8.46. The van der Waals surface area contributed by atoms with Crippen LogP contribution in [0.2, 0.25) is 0 Å². The van der Waals surface area contributed by atoms with Crippen molar-refractivity contribution in [2.45, 2.75) is 38.3 Å². The number of phenolic OH excluding ortho intramolecular Hbond substituents is 1. The van der Waals surface area contributed by atoms with Crippen LogP contribution in [0.1, 0.15) is 41.5 Å². The van der Waals surface area contributed by atoms with Crippen molar-refractivity contribution in [1.29, 1.82) is 0 Å². The maximum absolute atomic E-state index is 11.3. The standard InChI is InChI=1S/C20H22N2O2/c1-12(23)21-17-9-13-7-8-18-20(16(13)10-19(17)24)15-6-4-3-5-14(15)11-22(18)2/h3-6,9-10,18,20,24H,7-8,11H2,1-2H3,(H,21,23). The van der Waals surface area contributed by atoms with Crippen molar-refractivity contribution in [1.82, 2.24) is 4.90 Å². The SMILES string of the molecule is CC(=O)Nc1cc2c(cc1O)C1c3ccccc3CN(C)C1CC2. The van der Waals surface area contributed by atoms with Gasteiger partial charge < -0.3 is 10.4 Å². The third-order valence-corrected chi connectivity index (χ3v) is 5.37. The monoisotopic (exact) mass is 322 g/mol. The van der Waals surface area contributed by atoms with Crippen LogP contribution in [-0.4, -0.2) is 29.0 Å². The summed E-state index contributed by atoms with van der Waals surface area (Å²) in [4.78, 5) is 13.8. The lowest BCUT2D eigenvalue weighted by molar-refractivity contribution is -0.114. The average Bonchev–Trinajstić information content (AvgIpc) is 2.55. The smallest absolute Gasteiger partial charge is 0.221 e. The minimum atomic E-state index is -0.165. The molecule has 0 saturated heterocycles. The topological polar surface area (TPSA) is 52.6 Å². The summed E-state index contributed by atoms with van der Waals surface area (Å²) >= 11 is 0. The van der Waals surface area contributed by atoms with Gasteiger partial charge in [0.2, 0.25) is 5.91 Å². The summed E-state index contributed by atoms with van der Waals surface area (Å²) in [7, 11) is 2.18. The minimum absolute atomic E-state index is 0.148. The Labute approximate surface area is 142 Å². The molecule has 124 valence electrons. The first kappa shape index (κ1) is 15.2. The van der Waals surface area contributed by atoms with Crippen LogP contribution in [0, 0.1) is 0 Å². The van der Waals surface area contributed by atoms with Gasteiger partial charge in [0.15, 0.2) is 0 Å². The molecule has 2 aliphatic rings. The fraction of sp³-hybridized carbons (Fsp3) is 0.350. The van der Waals surface area contributed by atoms with Crippen LogP contribution in [0.3, 0.4) is 0 Å². The van der Waals surface area contributed by atoms with Gasteiger partial charge in [0.1, 0.15) is 5.75 Å². The normalized spacial score (nSPS) is 22.2. The number of carbonyl (C=O) groups excluding carboxylic acids is 1. The third-order valence-electron chi connectivity index (χ3n) is 5.37. The molecule has 4 rings (SSSR count). The maximum atomic E-state index is 11.3. The third kappa shape index (κ3) is 2.38. The summed E-state index contributed by atoms with van der Waals surface area (Å²) < 4.78 is 0. The highest BCUT2D eigenvalue weighted by Crippen LogP contribution is 2.46. The molecule has 4 nitrogen and oxygen atoms in total. The largest absolute Gasteiger partial charge is 0.506 e. The Balaban J connectivity index is 1.85. The lowest BCUT2D eigenvalue weighted by Gasteiger charge is -2.44. The van der Waals surface area contributed by atoms with E-state index in [2.05, 4.69) is 41.5 Å². The molecule has 2 unspecified atom stereocenters. The Kier molecular flexibility index (Phi) is 3.57. The zero-order valence-electron chi connectivity index (χ0n) is 14.0. The molecular formula is C20H22N2O2. The first-order valence-corrected chi connectivity index (χ1v) is 8.46. The van der Waals surface area contributed by atoms with Crippen molar-refractivity contribution in [2.75, 3.05) is 12.4 Å². The van der Waals surface area contributed by atoms with Crippen molar-refractivity contribution < 1.29 is 9.90 Å². The van der Waals surface area contributed by atoms with E-state index in [0.717, 1.165) is 19.4 Å². The molecule has 4 heteroatoms. The molecule has 2 aromatic carbocycles. The molecule has 2 N–H and O–H groups in total. The van der Waals surface area contributed by atoms with Gasteiger partial charge in [-0.1, -0.05) is 24.3 Å². The second kappa shape index (κ2) is 5.64. The number of hydrogen-bond acceptors (Lipinski definition) is 3. The van der Waals surface area contributed by atoms with Gasteiger partial charge in [0.05, 0.1) is 5.69 Å². The van der Waals surface area contributed by atoms with Crippen LogP contribution >= 0.6 is 0 Å². The molecule has 2 atom stereocenters. The second-order valence-electron chi connectivity index (χ2n) is 6.95. The van der Waals surface area contributed by atoms with E-state index in [1.807, 2.05) is 12.1 Å². The molecule has 1 heterocycles. The van der Waals surface area contributed by atoms with Gasteiger partial charge in [0.25, 0.3) is 0 Å². The quantitative estimate of drug-likeness (QED) is 0.793. The highest BCUT2D eigenvalue weighted by molar-refractivity contribution is 5.90. The summed E-state index contributed by atoms with van der Waals surface area (Å²) in [5, 5.41) is 13.1. The highest BCUT2D eigenvalue weighted by atomic mass is 16.3. The molecule has 1 aliphatic carbocycles.